The van der Waals surface area contributed by atoms with Gasteiger partial charge in [-0.15, -0.1) is 0 Å². The zero-order valence-corrected chi connectivity index (χ0v) is 20.2. The number of thiazole rings is 1. The van der Waals surface area contributed by atoms with E-state index in [0.717, 1.165) is 33.9 Å². The molecule has 1 amide bonds. The maximum Gasteiger partial charge on any atom is 0.260 e. The van der Waals surface area contributed by atoms with Gasteiger partial charge in [-0.1, -0.05) is 56.4 Å². The summed E-state index contributed by atoms with van der Waals surface area (Å²) >= 11 is 1.60. The SMILES string of the molecule is Cc1ccc(C)c2sc(N(CCCn3ccnc3)C(=O)c3ccc(C(C)(C)C)cc3)nc12. The molecule has 5 nitrogen and oxygen atoms in total. The van der Waals surface area contributed by atoms with Crippen LogP contribution >= 0.6 is 11.3 Å². The van der Waals surface area contributed by atoms with Gasteiger partial charge in [0.05, 0.1) is 16.5 Å². The van der Waals surface area contributed by atoms with Gasteiger partial charge in [0.2, 0.25) is 0 Å². The first-order valence-corrected chi connectivity index (χ1v) is 11.8. The van der Waals surface area contributed by atoms with E-state index in [4.69, 9.17) is 4.98 Å². The number of aryl methyl sites for hydroxylation is 3. The van der Waals surface area contributed by atoms with Crippen LogP contribution in [0, 0.1) is 13.8 Å². The average molecular weight is 447 g/mol. The normalized spacial score (nSPS) is 11.8. The molecule has 2 heterocycles. The van der Waals surface area contributed by atoms with Gasteiger partial charge in [0.15, 0.2) is 5.13 Å². The van der Waals surface area contributed by atoms with Crippen LogP contribution in [0.4, 0.5) is 5.13 Å². The molecule has 0 aliphatic heterocycles. The minimum absolute atomic E-state index is 0.00884. The number of rotatable bonds is 6. The summed E-state index contributed by atoms with van der Waals surface area (Å²) in [6.45, 7) is 12.1. The molecule has 32 heavy (non-hydrogen) atoms. The van der Waals surface area contributed by atoms with Crippen molar-refractivity contribution in [2.75, 3.05) is 11.4 Å². The van der Waals surface area contributed by atoms with Gasteiger partial charge in [-0.25, -0.2) is 9.97 Å². The fourth-order valence-electron chi connectivity index (χ4n) is 3.75. The fraction of sp³-hybridized carbons (Fsp3) is 0.346. The number of anilines is 1. The number of fused-ring (bicyclic) bond motifs is 1. The van der Waals surface area contributed by atoms with Gasteiger partial charge >= 0.3 is 0 Å². The molecule has 0 fully saturated rings. The van der Waals surface area contributed by atoms with Crippen molar-refractivity contribution in [1.82, 2.24) is 14.5 Å². The number of imidazole rings is 1. The quantitative estimate of drug-likeness (QED) is 0.357. The number of carbonyl (C=O) groups is 1. The molecule has 0 spiro atoms. The predicted octanol–water partition coefficient (Wildman–Crippen LogP) is 6.14. The summed E-state index contributed by atoms with van der Waals surface area (Å²) in [6.07, 6.45) is 6.35. The predicted molar refractivity (Wildman–Crippen MR) is 133 cm³/mol. The largest absolute Gasteiger partial charge is 0.337 e. The summed E-state index contributed by atoms with van der Waals surface area (Å²) in [5.74, 6) is -0.00884. The highest BCUT2D eigenvalue weighted by molar-refractivity contribution is 7.22. The Balaban J connectivity index is 1.66. The highest BCUT2D eigenvalue weighted by Crippen LogP contribution is 2.34. The lowest BCUT2D eigenvalue weighted by molar-refractivity contribution is 0.0986. The van der Waals surface area contributed by atoms with E-state index in [1.165, 1.54) is 11.1 Å². The molecule has 166 valence electrons. The van der Waals surface area contributed by atoms with Crippen LogP contribution in [-0.4, -0.2) is 27.0 Å². The smallest absolute Gasteiger partial charge is 0.260 e. The van der Waals surface area contributed by atoms with Crippen molar-refractivity contribution in [3.05, 3.63) is 77.4 Å². The Kier molecular flexibility index (Phi) is 6.15. The van der Waals surface area contributed by atoms with Crippen LogP contribution in [0.3, 0.4) is 0 Å². The number of aromatic nitrogens is 3. The minimum atomic E-state index is -0.00884. The number of nitrogens with zero attached hydrogens (tertiary/aromatic N) is 4. The standard InChI is InChI=1S/C26H30N4OS/c1-18-7-8-19(2)23-22(18)28-25(32-23)30(15-6-14-29-16-13-27-17-29)24(31)20-9-11-21(12-10-20)26(3,4)5/h7-13,16-17H,6,14-15H2,1-5H3. The van der Waals surface area contributed by atoms with Crippen molar-refractivity contribution in [2.24, 2.45) is 0 Å². The van der Waals surface area contributed by atoms with Gasteiger partial charge in [0, 0.05) is 31.0 Å². The van der Waals surface area contributed by atoms with E-state index in [9.17, 15) is 4.79 Å². The maximum absolute atomic E-state index is 13.6. The molecule has 0 radical (unpaired) electrons. The molecule has 0 aliphatic carbocycles. The molecular formula is C26H30N4OS. The average Bonchev–Trinajstić information content (AvgIpc) is 3.44. The Morgan fingerprint density at radius 2 is 1.78 bits per heavy atom. The van der Waals surface area contributed by atoms with Gasteiger partial charge in [-0.2, -0.15) is 0 Å². The summed E-state index contributed by atoms with van der Waals surface area (Å²) in [5, 5.41) is 0.757. The molecule has 0 aliphatic rings. The van der Waals surface area contributed by atoms with Crippen LogP contribution in [-0.2, 0) is 12.0 Å². The van der Waals surface area contributed by atoms with Crippen molar-refractivity contribution < 1.29 is 4.79 Å². The van der Waals surface area contributed by atoms with Crippen molar-refractivity contribution in [3.63, 3.8) is 0 Å². The van der Waals surface area contributed by atoms with Gasteiger partial charge in [0.25, 0.3) is 5.91 Å². The van der Waals surface area contributed by atoms with E-state index < -0.39 is 0 Å². The number of benzene rings is 2. The van der Waals surface area contributed by atoms with E-state index in [0.29, 0.717) is 12.1 Å². The van der Waals surface area contributed by atoms with Crippen molar-refractivity contribution in [2.45, 2.75) is 53.0 Å². The third kappa shape index (κ3) is 4.60. The first kappa shape index (κ1) is 22.2. The molecule has 2 aromatic carbocycles. The van der Waals surface area contributed by atoms with Crippen LogP contribution in [0.15, 0.2) is 55.1 Å². The summed E-state index contributed by atoms with van der Waals surface area (Å²) in [5.41, 5.74) is 5.26. The van der Waals surface area contributed by atoms with Crippen LogP contribution in [0.1, 0.15) is 54.2 Å². The van der Waals surface area contributed by atoms with E-state index in [-0.39, 0.29) is 11.3 Å². The Morgan fingerprint density at radius 3 is 2.41 bits per heavy atom. The molecule has 0 saturated heterocycles. The maximum atomic E-state index is 13.6. The molecule has 4 rings (SSSR count). The molecule has 0 atom stereocenters. The van der Waals surface area contributed by atoms with Gasteiger partial charge in [-0.3, -0.25) is 9.69 Å². The number of hydrogen-bond donors (Lipinski definition) is 0. The van der Waals surface area contributed by atoms with Gasteiger partial charge < -0.3 is 4.57 Å². The lowest BCUT2D eigenvalue weighted by Gasteiger charge is -2.22. The van der Waals surface area contributed by atoms with Gasteiger partial charge in [-0.05, 0) is 54.5 Å². The number of hydrogen-bond acceptors (Lipinski definition) is 4. The molecule has 2 aromatic heterocycles. The summed E-state index contributed by atoms with van der Waals surface area (Å²) < 4.78 is 3.18. The Morgan fingerprint density at radius 1 is 1.06 bits per heavy atom. The second-order valence-corrected chi connectivity index (χ2v) is 10.3. The van der Waals surface area contributed by atoms with Crippen LogP contribution in [0.5, 0.6) is 0 Å². The summed E-state index contributed by atoms with van der Waals surface area (Å²) in [4.78, 5) is 24.5. The Bertz CT molecular complexity index is 1180. The third-order valence-electron chi connectivity index (χ3n) is 5.76. The highest BCUT2D eigenvalue weighted by Gasteiger charge is 2.23. The summed E-state index contributed by atoms with van der Waals surface area (Å²) in [7, 11) is 0. The fourth-order valence-corrected chi connectivity index (χ4v) is 4.88. The molecule has 0 saturated carbocycles. The molecule has 0 unspecified atom stereocenters. The molecule has 0 N–H and O–H groups in total. The number of carbonyl (C=O) groups excluding carboxylic acids is 1. The molecular weight excluding hydrogens is 416 g/mol. The van der Waals surface area contributed by atoms with Crippen molar-refractivity contribution in [1.29, 1.82) is 0 Å². The van der Waals surface area contributed by atoms with E-state index in [2.05, 4.69) is 63.9 Å². The zero-order valence-electron chi connectivity index (χ0n) is 19.4. The topological polar surface area (TPSA) is 51.0 Å². The van der Waals surface area contributed by atoms with E-state index in [1.54, 1.807) is 17.5 Å². The Hall–Kier alpha value is -2.99. The van der Waals surface area contributed by atoms with Crippen molar-refractivity contribution in [3.8, 4) is 0 Å². The first-order chi connectivity index (χ1) is 15.2. The lowest BCUT2D eigenvalue weighted by Crippen LogP contribution is -2.32. The lowest BCUT2D eigenvalue weighted by atomic mass is 9.86. The minimum Gasteiger partial charge on any atom is -0.337 e. The van der Waals surface area contributed by atoms with E-state index in [1.807, 2.05) is 34.1 Å². The highest BCUT2D eigenvalue weighted by atomic mass is 32.1. The third-order valence-corrected chi connectivity index (χ3v) is 6.98. The van der Waals surface area contributed by atoms with Crippen molar-refractivity contribution >= 4 is 32.6 Å². The Labute approximate surface area is 193 Å². The van der Waals surface area contributed by atoms with Crippen LogP contribution in [0.2, 0.25) is 0 Å². The zero-order chi connectivity index (χ0) is 22.9. The van der Waals surface area contributed by atoms with Gasteiger partial charge in [0.1, 0.15) is 0 Å². The van der Waals surface area contributed by atoms with Crippen LogP contribution in [0.25, 0.3) is 10.2 Å². The second-order valence-electron chi connectivity index (χ2n) is 9.31. The second kappa shape index (κ2) is 8.87. The summed E-state index contributed by atoms with van der Waals surface area (Å²) in [6, 6.07) is 12.2. The number of amides is 1. The first-order valence-electron chi connectivity index (χ1n) is 11.0. The molecule has 0 bridgehead atoms. The van der Waals surface area contributed by atoms with E-state index >= 15 is 0 Å². The molecule has 4 aromatic rings. The monoisotopic (exact) mass is 446 g/mol. The van der Waals surface area contributed by atoms with Crippen LogP contribution < -0.4 is 4.90 Å². The molecule has 6 heteroatoms.